The number of nitrogens with two attached hydrogens (primary N) is 1. The highest BCUT2D eigenvalue weighted by Crippen LogP contribution is 2.20. The molecule has 6 nitrogen and oxygen atoms in total. The number of fused-ring (bicyclic) bond motifs is 1. The fraction of sp³-hybridized carbons (Fsp3) is 0. The first-order valence-electron chi connectivity index (χ1n) is 4.71. The zero-order valence-electron chi connectivity index (χ0n) is 8.25. The van der Waals surface area contributed by atoms with Crippen molar-refractivity contribution in [1.29, 1.82) is 0 Å². The zero-order chi connectivity index (χ0) is 11.0. The van der Waals surface area contributed by atoms with Crippen LogP contribution in [-0.4, -0.2) is 24.9 Å². The normalized spacial score (nSPS) is 10.8. The maximum Gasteiger partial charge on any atom is 0.181 e. The largest absolute Gasteiger partial charge is 0.383 e. The van der Waals surface area contributed by atoms with Crippen molar-refractivity contribution in [3.05, 3.63) is 30.9 Å². The molecule has 0 bridgehead atoms. The van der Waals surface area contributed by atoms with Gasteiger partial charge in [-0.05, 0) is 12.1 Å². The summed E-state index contributed by atoms with van der Waals surface area (Å²) in [6.07, 6.45) is 4.89. The second-order valence-electron chi connectivity index (χ2n) is 3.27. The smallest absolute Gasteiger partial charge is 0.181 e. The first-order valence-corrected chi connectivity index (χ1v) is 4.71. The van der Waals surface area contributed by atoms with Crippen LogP contribution in [0.5, 0.6) is 0 Å². The standard InChI is InChI=1S/C10H8N6/c11-8-6(2-1-3-12-8)9-13-4-7-10(16-9)15-5-14-7/h1-5H,(H2,11,12)(H,13,14,15,16). The molecule has 0 radical (unpaired) electrons. The van der Waals surface area contributed by atoms with E-state index >= 15 is 0 Å². The SMILES string of the molecule is Nc1ncccc1-c1ncc2[nH]cnc2n1. The highest BCUT2D eigenvalue weighted by molar-refractivity contribution is 5.74. The van der Waals surface area contributed by atoms with E-state index in [-0.39, 0.29) is 0 Å². The van der Waals surface area contributed by atoms with Gasteiger partial charge in [-0.15, -0.1) is 0 Å². The summed E-state index contributed by atoms with van der Waals surface area (Å²) in [6, 6.07) is 3.62. The van der Waals surface area contributed by atoms with Gasteiger partial charge in [0.1, 0.15) is 11.3 Å². The van der Waals surface area contributed by atoms with Crippen LogP contribution < -0.4 is 5.73 Å². The molecule has 0 fully saturated rings. The predicted molar refractivity (Wildman–Crippen MR) is 59.3 cm³/mol. The Kier molecular flexibility index (Phi) is 1.79. The third-order valence-electron chi connectivity index (χ3n) is 2.25. The number of pyridine rings is 1. The Morgan fingerprint density at radius 3 is 3.00 bits per heavy atom. The van der Waals surface area contributed by atoms with E-state index in [1.165, 1.54) is 0 Å². The van der Waals surface area contributed by atoms with Crippen molar-refractivity contribution in [2.24, 2.45) is 0 Å². The van der Waals surface area contributed by atoms with Crippen LogP contribution in [0.15, 0.2) is 30.9 Å². The number of nitrogen functional groups attached to an aromatic ring is 1. The van der Waals surface area contributed by atoms with Crippen LogP contribution in [0.25, 0.3) is 22.6 Å². The summed E-state index contributed by atoms with van der Waals surface area (Å²) >= 11 is 0. The molecule has 0 aliphatic heterocycles. The molecule has 0 amide bonds. The van der Waals surface area contributed by atoms with Crippen LogP contribution in [0.3, 0.4) is 0 Å². The summed E-state index contributed by atoms with van der Waals surface area (Å²) in [4.78, 5) is 19.5. The first-order chi connectivity index (χ1) is 7.84. The first kappa shape index (κ1) is 8.78. The third kappa shape index (κ3) is 1.28. The van der Waals surface area contributed by atoms with Crippen LogP contribution in [0.4, 0.5) is 5.82 Å². The Balaban J connectivity index is 2.22. The van der Waals surface area contributed by atoms with Gasteiger partial charge >= 0.3 is 0 Å². The lowest BCUT2D eigenvalue weighted by Gasteiger charge is -2.01. The molecule has 0 aliphatic rings. The van der Waals surface area contributed by atoms with E-state index in [1.54, 1.807) is 24.8 Å². The van der Waals surface area contributed by atoms with Crippen molar-refractivity contribution >= 4 is 17.0 Å². The summed E-state index contributed by atoms with van der Waals surface area (Å²) in [5, 5.41) is 0. The molecule has 0 aliphatic carbocycles. The quantitative estimate of drug-likeness (QED) is 0.627. The molecule has 0 atom stereocenters. The van der Waals surface area contributed by atoms with E-state index < -0.39 is 0 Å². The van der Waals surface area contributed by atoms with Gasteiger partial charge in [0.15, 0.2) is 11.5 Å². The van der Waals surface area contributed by atoms with Crippen molar-refractivity contribution in [1.82, 2.24) is 24.9 Å². The second-order valence-corrected chi connectivity index (χ2v) is 3.27. The van der Waals surface area contributed by atoms with Crippen LogP contribution >= 0.6 is 0 Å². The number of aromatic amines is 1. The molecule has 0 spiro atoms. The fourth-order valence-corrected chi connectivity index (χ4v) is 1.47. The van der Waals surface area contributed by atoms with E-state index in [1.807, 2.05) is 6.07 Å². The van der Waals surface area contributed by atoms with Crippen LogP contribution in [0.2, 0.25) is 0 Å². The number of H-pyrrole nitrogens is 1. The molecule has 16 heavy (non-hydrogen) atoms. The van der Waals surface area contributed by atoms with Gasteiger partial charge in [0.2, 0.25) is 0 Å². The minimum Gasteiger partial charge on any atom is -0.383 e. The number of aromatic nitrogens is 5. The predicted octanol–water partition coefficient (Wildman–Crippen LogP) is 0.997. The number of nitrogens with zero attached hydrogens (tertiary/aromatic N) is 4. The Hall–Kier alpha value is -2.50. The van der Waals surface area contributed by atoms with E-state index in [0.29, 0.717) is 22.9 Å². The number of rotatable bonds is 1. The number of nitrogens with one attached hydrogen (secondary N) is 1. The molecule has 3 N–H and O–H groups in total. The van der Waals surface area contributed by atoms with E-state index in [9.17, 15) is 0 Å². The lowest BCUT2D eigenvalue weighted by Crippen LogP contribution is -1.96. The highest BCUT2D eigenvalue weighted by atomic mass is 15.0. The Bertz CT molecular complexity index is 644. The molecule has 0 unspecified atom stereocenters. The van der Waals surface area contributed by atoms with Gasteiger partial charge in [-0.25, -0.2) is 19.9 Å². The molecule has 0 saturated carbocycles. The molecule has 3 rings (SSSR count). The summed E-state index contributed by atoms with van der Waals surface area (Å²) in [7, 11) is 0. The zero-order valence-corrected chi connectivity index (χ0v) is 8.25. The van der Waals surface area contributed by atoms with E-state index in [4.69, 9.17) is 5.73 Å². The number of imidazole rings is 1. The van der Waals surface area contributed by atoms with Gasteiger partial charge in [-0.3, -0.25) is 0 Å². The molecular weight excluding hydrogens is 204 g/mol. The maximum atomic E-state index is 5.75. The van der Waals surface area contributed by atoms with Crippen molar-refractivity contribution < 1.29 is 0 Å². The Morgan fingerprint density at radius 1 is 1.19 bits per heavy atom. The van der Waals surface area contributed by atoms with Gasteiger partial charge in [0.25, 0.3) is 0 Å². The second kappa shape index (κ2) is 3.27. The van der Waals surface area contributed by atoms with Crippen LogP contribution in [0.1, 0.15) is 0 Å². The Morgan fingerprint density at radius 2 is 2.12 bits per heavy atom. The number of hydrogen-bond donors (Lipinski definition) is 2. The summed E-state index contributed by atoms with van der Waals surface area (Å²) in [5.41, 5.74) is 7.88. The molecule has 0 aromatic carbocycles. The van der Waals surface area contributed by atoms with Gasteiger partial charge < -0.3 is 10.7 Å². The van der Waals surface area contributed by atoms with Gasteiger partial charge in [-0.2, -0.15) is 0 Å². The van der Waals surface area contributed by atoms with Crippen molar-refractivity contribution in [3.8, 4) is 11.4 Å². The lowest BCUT2D eigenvalue weighted by molar-refractivity contribution is 1.19. The Labute approximate surface area is 90.6 Å². The van der Waals surface area contributed by atoms with Gasteiger partial charge in [0, 0.05) is 6.20 Å². The molecule has 3 heterocycles. The van der Waals surface area contributed by atoms with Crippen molar-refractivity contribution in [2.75, 3.05) is 5.73 Å². The number of anilines is 1. The summed E-state index contributed by atoms with van der Waals surface area (Å²) in [6.45, 7) is 0. The average Bonchev–Trinajstić information content (AvgIpc) is 2.76. The number of hydrogen-bond acceptors (Lipinski definition) is 5. The monoisotopic (exact) mass is 212 g/mol. The minimum atomic E-state index is 0.414. The summed E-state index contributed by atoms with van der Waals surface area (Å²) in [5.74, 6) is 0.947. The maximum absolute atomic E-state index is 5.75. The lowest BCUT2D eigenvalue weighted by atomic mass is 10.2. The topological polar surface area (TPSA) is 93.4 Å². The van der Waals surface area contributed by atoms with Crippen molar-refractivity contribution in [2.45, 2.75) is 0 Å². The van der Waals surface area contributed by atoms with E-state index in [2.05, 4.69) is 24.9 Å². The molecule has 3 aromatic heterocycles. The molecule has 6 heteroatoms. The average molecular weight is 212 g/mol. The third-order valence-corrected chi connectivity index (χ3v) is 2.25. The van der Waals surface area contributed by atoms with Crippen LogP contribution in [0, 0.1) is 0 Å². The van der Waals surface area contributed by atoms with Crippen LogP contribution in [-0.2, 0) is 0 Å². The van der Waals surface area contributed by atoms with Crippen molar-refractivity contribution in [3.63, 3.8) is 0 Å². The molecular formula is C10H8N6. The highest BCUT2D eigenvalue weighted by Gasteiger charge is 2.07. The van der Waals surface area contributed by atoms with Gasteiger partial charge in [-0.1, -0.05) is 0 Å². The molecule has 3 aromatic rings. The summed E-state index contributed by atoms with van der Waals surface area (Å²) < 4.78 is 0. The molecule has 0 saturated heterocycles. The minimum absolute atomic E-state index is 0.414. The van der Waals surface area contributed by atoms with Gasteiger partial charge in [0.05, 0.1) is 18.1 Å². The molecule has 78 valence electrons. The fourth-order valence-electron chi connectivity index (χ4n) is 1.47. The van der Waals surface area contributed by atoms with E-state index in [0.717, 1.165) is 5.52 Å².